The van der Waals surface area contributed by atoms with Gasteiger partial charge in [0.15, 0.2) is 0 Å². The molecule has 0 aliphatic carbocycles. The first-order valence-corrected chi connectivity index (χ1v) is 5.74. The van der Waals surface area contributed by atoms with E-state index >= 15 is 0 Å². The minimum atomic E-state index is -1.91. The average molecular weight is 255 g/mol. The van der Waals surface area contributed by atoms with E-state index in [4.69, 9.17) is 5.73 Å². The maximum atomic E-state index is 13.9. The minimum absolute atomic E-state index is 0.0903. The van der Waals surface area contributed by atoms with Gasteiger partial charge in [0.2, 0.25) is 6.17 Å². The van der Waals surface area contributed by atoms with Crippen molar-refractivity contribution in [3.63, 3.8) is 0 Å². The topological polar surface area (TPSA) is 72.5 Å². The molecule has 100 valence electrons. The quantitative estimate of drug-likeness (QED) is 0.806. The molecule has 0 amide bonds. The Hall–Kier alpha value is -1.62. The van der Waals surface area contributed by atoms with Crippen LogP contribution in [0.3, 0.4) is 0 Å². The summed E-state index contributed by atoms with van der Waals surface area (Å²) in [5.74, 6) is -0.871. The molecule has 0 aliphatic rings. The number of carbonyl (C=O) groups is 1. The van der Waals surface area contributed by atoms with E-state index in [1.54, 1.807) is 20.8 Å². The van der Waals surface area contributed by atoms with Gasteiger partial charge in [-0.05, 0) is 49.6 Å². The van der Waals surface area contributed by atoms with E-state index in [1.807, 2.05) is 0 Å². The van der Waals surface area contributed by atoms with Gasteiger partial charge in [-0.15, -0.1) is 0 Å². The van der Waals surface area contributed by atoms with Crippen LogP contribution in [0.15, 0.2) is 12.1 Å². The molecule has 0 fully saturated rings. The fraction of sp³-hybridized carbons (Fsp3) is 0.462. The van der Waals surface area contributed by atoms with Crippen LogP contribution in [0, 0.1) is 13.8 Å². The molecular formula is C13H18FNO3. The fourth-order valence-electron chi connectivity index (χ4n) is 1.99. The van der Waals surface area contributed by atoms with E-state index in [0.717, 1.165) is 0 Å². The van der Waals surface area contributed by atoms with Gasteiger partial charge in [0, 0.05) is 0 Å². The smallest absolute Gasteiger partial charge is 0.342 e. The SMILES string of the molecule is CCOC(=O)C(F)[C@H](N)c1c(C)cc(O)cc1C. The largest absolute Gasteiger partial charge is 0.508 e. The van der Waals surface area contributed by atoms with Crippen molar-refractivity contribution in [1.29, 1.82) is 0 Å². The normalized spacial score (nSPS) is 14.1. The summed E-state index contributed by atoms with van der Waals surface area (Å²) in [5.41, 5.74) is 7.58. The lowest BCUT2D eigenvalue weighted by molar-refractivity contribution is -0.149. The van der Waals surface area contributed by atoms with E-state index < -0.39 is 18.2 Å². The Bertz CT molecular complexity index is 425. The Labute approximate surface area is 106 Å². The number of ether oxygens (including phenoxy) is 1. The zero-order valence-electron chi connectivity index (χ0n) is 10.7. The van der Waals surface area contributed by atoms with Crippen molar-refractivity contribution in [3.05, 3.63) is 28.8 Å². The predicted molar refractivity (Wildman–Crippen MR) is 66.0 cm³/mol. The van der Waals surface area contributed by atoms with Crippen molar-refractivity contribution in [1.82, 2.24) is 0 Å². The molecule has 5 heteroatoms. The molecule has 0 heterocycles. The summed E-state index contributed by atoms with van der Waals surface area (Å²) in [6.07, 6.45) is -1.91. The molecule has 0 aliphatic heterocycles. The molecule has 2 atom stereocenters. The van der Waals surface area contributed by atoms with Crippen molar-refractivity contribution in [2.75, 3.05) is 6.61 Å². The molecule has 1 aromatic rings. The van der Waals surface area contributed by atoms with Gasteiger partial charge >= 0.3 is 5.97 Å². The molecule has 0 aromatic heterocycles. The number of halogens is 1. The highest BCUT2D eigenvalue weighted by molar-refractivity contribution is 5.76. The molecule has 0 saturated heterocycles. The van der Waals surface area contributed by atoms with Crippen LogP contribution < -0.4 is 5.73 Å². The van der Waals surface area contributed by atoms with E-state index in [2.05, 4.69) is 4.74 Å². The Morgan fingerprint density at radius 2 is 1.94 bits per heavy atom. The van der Waals surface area contributed by atoms with E-state index in [1.165, 1.54) is 12.1 Å². The van der Waals surface area contributed by atoms with Crippen LogP contribution >= 0.6 is 0 Å². The molecule has 4 nitrogen and oxygen atoms in total. The van der Waals surface area contributed by atoms with Gasteiger partial charge in [-0.25, -0.2) is 9.18 Å². The van der Waals surface area contributed by atoms with Crippen molar-refractivity contribution in [2.24, 2.45) is 5.73 Å². The number of nitrogens with two attached hydrogens (primary N) is 1. The maximum Gasteiger partial charge on any atom is 0.342 e. The van der Waals surface area contributed by atoms with Gasteiger partial charge in [0.25, 0.3) is 0 Å². The fourth-order valence-corrected chi connectivity index (χ4v) is 1.99. The highest BCUT2D eigenvalue weighted by Crippen LogP contribution is 2.28. The number of aromatic hydroxyl groups is 1. The number of rotatable bonds is 4. The summed E-state index contributed by atoms with van der Waals surface area (Å²) in [6, 6.07) is 1.88. The van der Waals surface area contributed by atoms with Crippen molar-refractivity contribution < 1.29 is 19.0 Å². The third-order valence-corrected chi connectivity index (χ3v) is 2.74. The van der Waals surface area contributed by atoms with E-state index in [0.29, 0.717) is 16.7 Å². The Morgan fingerprint density at radius 3 is 2.39 bits per heavy atom. The molecule has 18 heavy (non-hydrogen) atoms. The second-order valence-corrected chi connectivity index (χ2v) is 4.17. The molecule has 1 unspecified atom stereocenters. The van der Waals surface area contributed by atoms with Gasteiger partial charge in [0.05, 0.1) is 12.6 Å². The standard InChI is InChI=1S/C13H18FNO3/c1-4-18-13(17)11(14)12(15)10-7(2)5-9(16)6-8(10)3/h5-6,11-12,16H,4,15H2,1-3H3/t11?,12-/m1/s1. The lowest BCUT2D eigenvalue weighted by Crippen LogP contribution is -2.32. The number of aryl methyl sites for hydroxylation is 2. The highest BCUT2D eigenvalue weighted by Gasteiger charge is 2.29. The molecule has 0 bridgehead atoms. The van der Waals surface area contributed by atoms with Crippen molar-refractivity contribution >= 4 is 5.97 Å². The van der Waals surface area contributed by atoms with Crippen LogP contribution in [-0.2, 0) is 9.53 Å². The monoisotopic (exact) mass is 255 g/mol. The number of esters is 1. The number of phenols is 1. The summed E-state index contributed by atoms with van der Waals surface area (Å²) in [4.78, 5) is 11.3. The predicted octanol–water partition coefficient (Wildman–Crippen LogP) is 1.91. The number of hydrogen-bond donors (Lipinski definition) is 2. The van der Waals surface area contributed by atoms with Crippen LogP contribution in [0.4, 0.5) is 4.39 Å². The lowest BCUT2D eigenvalue weighted by Gasteiger charge is -2.20. The van der Waals surface area contributed by atoms with E-state index in [9.17, 15) is 14.3 Å². The van der Waals surface area contributed by atoms with Gasteiger partial charge in [-0.1, -0.05) is 0 Å². The van der Waals surface area contributed by atoms with Gasteiger partial charge in [-0.2, -0.15) is 0 Å². The molecule has 0 radical (unpaired) electrons. The Morgan fingerprint density at radius 1 is 1.44 bits per heavy atom. The second-order valence-electron chi connectivity index (χ2n) is 4.17. The zero-order chi connectivity index (χ0) is 13.9. The maximum absolute atomic E-state index is 13.9. The van der Waals surface area contributed by atoms with Crippen LogP contribution in [0.5, 0.6) is 5.75 Å². The highest BCUT2D eigenvalue weighted by atomic mass is 19.1. The summed E-state index contributed by atoms with van der Waals surface area (Å²) in [5, 5.41) is 9.41. The first kappa shape index (κ1) is 14.4. The average Bonchev–Trinajstić information content (AvgIpc) is 2.26. The summed E-state index contributed by atoms with van der Waals surface area (Å²) < 4.78 is 18.5. The number of hydrogen-bond acceptors (Lipinski definition) is 4. The summed E-state index contributed by atoms with van der Waals surface area (Å²) in [6.45, 7) is 5.13. The molecular weight excluding hydrogens is 237 g/mol. The van der Waals surface area contributed by atoms with Gasteiger partial charge < -0.3 is 15.6 Å². The summed E-state index contributed by atoms with van der Waals surface area (Å²) >= 11 is 0. The number of phenolic OH excluding ortho intramolecular Hbond substituents is 1. The third-order valence-electron chi connectivity index (χ3n) is 2.74. The lowest BCUT2D eigenvalue weighted by atomic mass is 9.93. The van der Waals surface area contributed by atoms with Crippen molar-refractivity contribution in [3.8, 4) is 5.75 Å². The molecule has 3 N–H and O–H groups in total. The van der Waals surface area contributed by atoms with Crippen LogP contribution in [0.2, 0.25) is 0 Å². The number of carbonyl (C=O) groups excluding carboxylic acids is 1. The molecule has 1 rings (SSSR count). The minimum Gasteiger partial charge on any atom is -0.508 e. The molecule has 0 spiro atoms. The Balaban J connectivity index is 3.03. The first-order chi connectivity index (χ1) is 8.38. The Kier molecular flexibility index (Phi) is 4.67. The number of alkyl halides is 1. The third kappa shape index (κ3) is 2.98. The molecule has 1 aromatic carbocycles. The van der Waals surface area contributed by atoms with E-state index in [-0.39, 0.29) is 12.4 Å². The molecule has 0 saturated carbocycles. The zero-order valence-corrected chi connectivity index (χ0v) is 10.7. The van der Waals surface area contributed by atoms with Gasteiger partial charge in [0.1, 0.15) is 5.75 Å². The van der Waals surface area contributed by atoms with Crippen LogP contribution in [0.25, 0.3) is 0 Å². The number of benzene rings is 1. The first-order valence-electron chi connectivity index (χ1n) is 5.74. The van der Waals surface area contributed by atoms with Gasteiger partial charge in [-0.3, -0.25) is 0 Å². The van der Waals surface area contributed by atoms with Crippen LogP contribution in [0.1, 0.15) is 29.7 Å². The second kappa shape index (κ2) is 5.82. The van der Waals surface area contributed by atoms with Crippen LogP contribution in [-0.4, -0.2) is 23.9 Å². The summed E-state index contributed by atoms with van der Waals surface area (Å²) in [7, 11) is 0. The van der Waals surface area contributed by atoms with Crippen molar-refractivity contribution in [2.45, 2.75) is 33.0 Å².